The van der Waals surface area contributed by atoms with Crippen LogP contribution < -0.4 is 9.47 Å². The molecule has 23 heavy (non-hydrogen) atoms. The van der Waals surface area contributed by atoms with E-state index in [1.807, 2.05) is 12.1 Å². The van der Waals surface area contributed by atoms with Crippen molar-refractivity contribution in [3.05, 3.63) is 64.7 Å². The second-order valence-corrected chi connectivity index (χ2v) is 5.12. The Hall–Kier alpha value is -2.46. The maximum Gasteiger partial charge on any atom is 0.331 e. The molecule has 0 bridgehead atoms. The van der Waals surface area contributed by atoms with Crippen LogP contribution in [-0.2, 0) is 16.1 Å². The van der Waals surface area contributed by atoms with E-state index in [9.17, 15) is 4.79 Å². The van der Waals surface area contributed by atoms with Crippen molar-refractivity contribution in [2.24, 2.45) is 0 Å². The average molecular weight is 333 g/mol. The van der Waals surface area contributed by atoms with Crippen molar-refractivity contribution in [2.75, 3.05) is 14.2 Å². The first kappa shape index (κ1) is 16.9. The molecule has 0 radical (unpaired) electrons. The fourth-order valence-electron chi connectivity index (χ4n) is 1.94. The van der Waals surface area contributed by atoms with Crippen LogP contribution >= 0.6 is 11.6 Å². The Kier molecular flexibility index (Phi) is 6.06. The molecule has 0 spiro atoms. The number of hydrogen-bond acceptors (Lipinski definition) is 4. The average Bonchev–Trinajstić information content (AvgIpc) is 2.58. The molecule has 0 fully saturated rings. The van der Waals surface area contributed by atoms with Crippen molar-refractivity contribution in [3.8, 4) is 11.5 Å². The third-order valence-electron chi connectivity index (χ3n) is 3.11. The third-order valence-corrected chi connectivity index (χ3v) is 3.34. The predicted octanol–water partition coefficient (Wildman–Crippen LogP) is 4.11. The van der Waals surface area contributed by atoms with Gasteiger partial charge in [0, 0.05) is 22.7 Å². The highest BCUT2D eigenvalue weighted by atomic mass is 35.5. The van der Waals surface area contributed by atoms with Crippen molar-refractivity contribution in [2.45, 2.75) is 6.61 Å². The lowest BCUT2D eigenvalue weighted by Gasteiger charge is -2.07. The lowest BCUT2D eigenvalue weighted by molar-refractivity contribution is -0.138. The summed E-state index contributed by atoms with van der Waals surface area (Å²) in [5, 5.41) is 0.608. The third kappa shape index (κ3) is 5.04. The number of rotatable bonds is 6. The molecule has 2 rings (SSSR count). The number of carbonyl (C=O) groups is 1. The summed E-state index contributed by atoms with van der Waals surface area (Å²) in [7, 11) is 3.14. The zero-order chi connectivity index (χ0) is 16.7. The normalized spacial score (nSPS) is 10.6. The van der Waals surface area contributed by atoms with Crippen LogP contribution in [0.3, 0.4) is 0 Å². The van der Waals surface area contributed by atoms with E-state index in [0.717, 1.165) is 11.1 Å². The van der Waals surface area contributed by atoms with Gasteiger partial charge in [0.1, 0.15) is 18.1 Å². The molecule has 0 saturated heterocycles. The molecule has 0 saturated carbocycles. The Morgan fingerprint density at radius 3 is 2.65 bits per heavy atom. The maximum atomic E-state index is 11.8. The quantitative estimate of drug-likeness (QED) is 0.590. The van der Waals surface area contributed by atoms with Gasteiger partial charge in [-0.15, -0.1) is 0 Å². The Bertz CT molecular complexity index is 710. The SMILES string of the molecule is COc1ccc(/C=C/C(=O)OCc2cccc(Cl)c2)c(OC)c1. The van der Waals surface area contributed by atoms with Crippen LogP contribution in [-0.4, -0.2) is 20.2 Å². The van der Waals surface area contributed by atoms with E-state index >= 15 is 0 Å². The molecule has 0 amide bonds. The summed E-state index contributed by atoms with van der Waals surface area (Å²) in [4.78, 5) is 11.8. The highest BCUT2D eigenvalue weighted by molar-refractivity contribution is 6.30. The van der Waals surface area contributed by atoms with Crippen molar-refractivity contribution < 1.29 is 19.0 Å². The molecule has 0 aliphatic carbocycles. The molecule has 0 aliphatic rings. The molecule has 0 aliphatic heterocycles. The summed E-state index contributed by atoms with van der Waals surface area (Å²) < 4.78 is 15.6. The van der Waals surface area contributed by atoms with Crippen molar-refractivity contribution in [3.63, 3.8) is 0 Å². The second kappa shape index (κ2) is 8.25. The van der Waals surface area contributed by atoms with E-state index in [4.69, 9.17) is 25.8 Å². The highest BCUT2D eigenvalue weighted by Crippen LogP contribution is 2.25. The molecule has 2 aromatic rings. The molecule has 0 aromatic heterocycles. The van der Waals surface area contributed by atoms with Gasteiger partial charge in [-0.05, 0) is 35.9 Å². The van der Waals surface area contributed by atoms with Crippen LogP contribution in [0.25, 0.3) is 6.08 Å². The van der Waals surface area contributed by atoms with Gasteiger partial charge in [-0.3, -0.25) is 0 Å². The molecule has 0 N–H and O–H groups in total. The van der Waals surface area contributed by atoms with Gasteiger partial charge in [0.25, 0.3) is 0 Å². The van der Waals surface area contributed by atoms with Crippen molar-refractivity contribution in [1.82, 2.24) is 0 Å². The maximum absolute atomic E-state index is 11.8. The molecule has 0 atom stereocenters. The van der Waals surface area contributed by atoms with Crippen molar-refractivity contribution in [1.29, 1.82) is 0 Å². The van der Waals surface area contributed by atoms with Crippen LogP contribution in [0.2, 0.25) is 5.02 Å². The summed E-state index contributed by atoms with van der Waals surface area (Å²) in [6.45, 7) is 0.170. The van der Waals surface area contributed by atoms with Gasteiger partial charge in [-0.2, -0.15) is 0 Å². The van der Waals surface area contributed by atoms with Gasteiger partial charge in [-0.1, -0.05) is 23.7 Å². The molecule has 120 valence electrons. The molecule has 0 heterocycles. The van der Waals surface area contributed by atoms with Crippen LogP contribution in [0.1, 0.15) is 11.1 Å². The minimum atomic E-state index is -0.442. The summed E-state index contributed by atoms with van der Waals surface area (Å²) in [6.07, 6.45) is 2.99. The minimum Gasteiger partial charge on any atom is -0.497 e. The van der Waals surface area contributed by atoms with Gasteiger partial charge >= 0.3 is 5.97 Å². The predicted molar refractivity (Wildman–Crippen MR) is 89.8 cm³/mol. The minimum absolute atomic E-state index is 0.170. The van der Waals surface area contributed by atoms with Gasteiger partial charge in [0.15, 0.2) is 0 Å². The number of carbonyl (C=O) groups excluding carboxylic acids is 1. The first-order valence-electron chi connectivity index (χ1n) is 6.93. The van der Waals surface area contributed by atoms with E-state index in [0.29, 0.717) is 16.5 Å². The van der Waals surface area contributed by atoms with E-state index in [2.05, 4.69) is 0 Å². The molecule has 5 heteroatoms. The highest BCUT2D eigenvalue weighted by Gasteiger charge is 2.04. The Morgan fingerprint density at radius 2 is 1.96 bits per heavy atom. The summed E-state index contributed by atoms with van der Waals surface area (Å²) >= 11 is 5.88. The summed E-state index contributed by atoms with van der Waals surface area (Å²) in [6, 6.07) is 12.5. The fraction of sp³-hybridized carbons (Fsp3) is 0.167. The van der Waals surface area contributed by atoms with Crippen molar-refractivity contribution >= 4 is 23.6 Å². The first-order chi connectivity index (χ1) is 11.1. The van der Waals surface area contributed by atoms with Crippen LogP contribution in [0.4, 0.5) is 0 Å². The second-order valence-electron chi connectivity index (χ2n) is 4.68. The van der Waals surface area contributed by atoms with Crippen LogP contribution in [0.5, 0.6) is 11.5 Å². The Labute approximate surface area is 140 Å². The van der Waals surface area contributed by atoms with Gasteiger partial charge in [0.2, 0.25) is 0 Å². The summed E-state index contributed by atoms with van der Waals surface area (Å²) in [5.74, 6) is 0.855. The lowest BCUT2D eigenvalue weighted by atomic mass is 10.1. The topological polar surface area (TPSA) is 44.8 Å². The van der Waals surface area contributed by atoms with E-state index < -0.39 is 5.97 Å². The van der Waals surface area contributed by atoms with Crippen LogP contribution in [0.15, 0.2) is 48.5 Å². The van der Waals surface area contributed by atoms with Gasteiger partial charge in [0.05, 0.1) is 14.2 Å². The zero-order valence-corrected chi connectivity index (χ0v) is 13.7. The lowest BCUT2D eigenvalue weighted by Crippen LogP contribution is -2.00. The number of hydrogen-bond donors (Lipinski definition) is 0. The molecule has 2 aromatic carbocycles. The first-order valence-corrected chi connectivity index (χ1v) is 7.31. The van der Waals surface area contributed by atoms with Gasteiger partial charge < -0.3 is 14.2 Å². The molecular weight excluding hydrogens is 316 g/mol. The number of ether oxygens (including phenoxy) is 3. The van der Waals surface area contributed by atoms with Crippen LogP contribution in [0, 0.1) is 0 Å². The Balaban J connectivity index is 1.98. The Morgan fingerprint density at radius 1 is 1.13 bits per heavy atom. The smallest absolute Gasteiger partial charge is 0.331 e. The molecular formula is C18H17ClO4. The van der Waals surface area contributed by atoms with E-state index in [1.165, 1.54) is 6.08 Å². The summed E-state index contributed by atoms with van der Waals surface area (Å²) in [5.41, 5.74) is 1.59. The van der Waals surface area contributed by atoms with E-state index in [1.54, 1.807) is 50.6 Å². The zero-order valence-electron chi connectivity index (χ0n) is 12.9. The number of halogens is 1. The number of methoxy groups -OCH3 is 2. The molecule has 0 unspecified atom stereocenters. The fourth-order valence-corrected chi connectivity index (χ4v) is 2.16. The molecule has 4 nitrogen and oxygen atoms in total. The largest absolute Gasteiger partial charge is 0.497 e. The number of benzene rings is 2. The number of esters is 1. The van der Waals surface area contributed by atoms with Gasteiger partial charge in [-0.25, -0.2) is 4.79 Å². The standard InChI is InChI=1S/C18H17ClO4/c1-21-16-8-6-14(17(11-16)22-2)7-9-18(20)23-12-13-4-3-5-15(19)10-13/h3-11H,12H2,1-2H3/b9-7+. The van der Waals surface area contributed by atoms with E-state index in [-0.39, 0.29) is 6.61 Å². The monoisotopic (exact) mass is 332 g/mol.